The van der Waals surface area contributed by atoms with Crippen LogP contribution in [0.25, 0.3) is 4.91 Å². The molecule has 0 amide bonds. The average Bonchev–Trinajstić information content (AvgIpc) is 2.03. The molecule has 0 heterocycles. The van der Waals surface area contributed by atoms with Crippen molar-refractivity contribution in [1.29, 1.82) is 0 Å². The Morgan fingerprint density at radius 1 is 1.38 bits per heavy atom. The Balaban J connectivity index is 3.36. The van der Waals surface area contributed by atoms with Crippen LogP contribution in [0, 0.1) is 11.6 Å². The molecule has 0 fully saturated rings. The molecule has 1 rings (SSSR count). The van der Waals surface area contributed by atoms with Crippen molar-refractivity contribution in [2.24, 2.45) is 0 Å². The minimum Gasteiger partial charge on any atom is -0.298 e. The predicted molar refractivity (Wildman–Crippen MR) is 49.8 cm³/mol. The van der Waals surface area contributed by atoms with Gasteiger partial charge < -0.3 is 0 Å². The zero-order valence-corrected chi connectivity index (χ0v) is 7.44. The Morgan fingerprint density at radius 2 is 1.85 bits per heavy atom. The lowest BCUT2D eigenvalue weighted by Gasteiger charge is -2.02. The summed E-state index contributed by atoms with van der Waals surface area (Å²) < 4.78 is 25.9. The lowest BCUT2D eigenvalue weighted by Crippen LogP contribution is -1.95. The molecule has 0 bridgehead atoms. The number of thiol groups is 1. The van der Waals surface area contributed by atoms with E-state index in [-0.39, 0.29) is 16.8 Å². The molecule has 0 aliphatic rings. The van der Waals surface area contributed by atoms with Crippen molar-refractivity contribution in [2.45, 2.75) is 0 Å². The minimum atomic E-state index is -0.903. The number of carbonyl (C=O) groups excluding carboxylic acids is 1. The highest BCUT2D eigenvalue weighted by Crippen LogP contribution is 2.20. The molecule has 0 N–H and O–H groups in total. The van der Waals surface area contributed by atoms with Gasteiger partial charge in [0.2, 0.25) is 0 Å². The van der Waals surface area contributed by atoms with Gasteiger partial charge in [0, 0.05) is 4.91 Å². The Morgan fingerprint density at radius 3 is 2.15 bits per heavy atom. The fraction of sp³-hybridized carbons (Fsp3) is 0. The van der Waals surface area contributed by atoms with E-state index in [2.05, 4.69) is 19.2 Å². The van der Waals surface area contributed by atoms with Gasteiger partial charge in [-0.05, 0) is 17.7 Å². The first-order valence-electron chi connectivity index (χ1n) is 3.38. The molecule has 0 unspecified atom stereocenters. The third-order valence-corrected chi connectivity index (χ3v) is 1.79. The zero-order valence-electron chi connectivity index (χ0n) is 6.55. The molecule has 0 radical (unpaired) electrons. The number of hydrogen-bond donors (Lipinski definition) is 1. The van der Waals surface area contributed by atoms with Crippen LogP contribution in [0.4, 0.5) is 8.78 Å². The van der Waals surface area contributed by atoms with Gasteiger partial charge in [-0.1, -0.05) is 6.58 Å². The summed E-state index contributed by atoms with van der Waals surface area (Å²) in [4.78, 5) is 10.5. The fourth-order valence-electron chi connectivity index (χ4n) is 0.863. The second kappa shape index (κ2) is 3.70. The Labute approximate surface area is 79.5 Å². The third kappa shape index (κ3) is 1.95. The van der Waals surface area contributed by atoms with Gasteiger partial charge in [0.05, 0.1) is 5.56 Å². The van der Waals surface area contributed by atoms with Gasteiger partial charge >= 0.3 is 0 Å². The maximum Gasteiger partial charge on any atom is 0.155 e. The maximum absolute atomic E-state index is 12.9. The van der Waals surface area contributed by atoms with E-state index >= 15 is 0 Å². The number of benzene rings is 1. The molecule has 4 heteroatoms. The monoisotopic (exact) mass is 200 g/mol. The van der Waals surface area contributed by atoms with E-state index in [1.807, 2.05) is 0 Å². The molecule has 0 aliphatic heterocycles. The zero-order chi connectivity index (χ0) is 10.0. The molecule has 0 atom stereocenters. The van der Waals surface area contributed by atoms with Crippen molar-refractivity contribution in [1.82, 2.24) is 0 Å². The van der Waals surface area contributed by atoms with Crippen LogP contribution in [0.15, 0.2) is 18.7 Å². The van der Waals surface area contributed by atoms with E-state index in [4.69, 9.17) is 0 Å². The Hall–Kier alpha value is -1.16. The molecular formula is C9H6F2OS. The van der Waals surface area contributed by atoms with Gasteiger partial charge in [0.25, 0.3) is 0 Å². The van der Waals surface area contributed by atoms with E-state index in [0.717, 1.165) is 12.1 Å². The van der Waals surface area contributed by atoms with Gasteiger partial charge in [0.15, 0.2) is 6.29 Å². The van der Waals surface area contributed by atoms with Crippen LogP contribution in [-0.4, -0.2) is 6.29 Å². The van der Waals surface area contributed by atoms with Crippen molar-refractivity contribution in [2.75, 3.05) is 0 Å². The number of aldehydes is 1. The average molecular weight is 200 g/mol. The van der Waals surface area contributed by atoms with Crippen LogP contribution in [0.5, 0.6) is 0 Å². The molecule has 0 saturated heterocycles. The minimum absolute atomic E-state index is 0.135. The number of rotatable bonds is 2. The first-order chi connectivity index (χ1) is 6.06. The van der Waals surface area contributed by atoms with Crippen LogP contribution >= 0.6 is 12.6 Å². The fourth-order valence-corrected chi connectivity index (χ4v) is 0.993. The standard InChI is InChI=1S/C9H6F2OS/c1-5(13)6-2-8(10)7(4-12)9(11)3-6/h2-4,13H,1H2. The first-order valence-corrected chi connectivity index (χ1v) is 3.83. The molecule has 0 spiro atoms. The lowest BCUT2D eigenvalue weighted by atomic mass is 10.1. The topological polar surface area (TPSA) is 17.1 Å². The van der Waals surface area contributed by atoms with Gasteiger partial charge in [0.1, 0.15) is 11.6 Å². The van der Waals surface area contributed by atoms with E-state index in [9.17, 15) is 13.6 Å². The molecule has 1 nitrogen and oxygen atoms in total. The Kier molecular flexibility index (Phi) is 2.83. The summed E-state index contributed by atoms with van der Waals surface area (Å²) in [5.74, 6) is -1.81. The van der Waals surface area contributed by atoms with Crippen molar-refractivity contribution in [3.05, 3.63) is 41.5 Å². The number of halogens is 2. The van der Waals surface area contributed by atoms with Crippen LogP contribution in [0.2, 0.25) is 0 Å². The molecule has 13 heavy (non-hydrogen) atoms. The maximum atomic E-state index is 12.9. The van der Waals surface area contributed by atoms with E-state index < -0.39 is 17.2 Å². The van der Waals surface area contributed by atoms with E-state index in [0.29, 0.717) is 0 Å². The molecule has 0 saturated carbocycles. The second-order valence-corrected chi connectivity index (χ2v) is 2.96. The molecule has 0 aromatic heterocycles. The van der Waals surface area contributed by atoms with Crippen LogP contribution < -0.4 is 0 Å². The third-order valence-electron chi connectivity index (χ3n) is 1.53. The number of carbonyl (C=O) groups is 1. The smallest absolute Gasteiger partial charge is 0.155 e. The summed E-state index contributed by atoms with van der Waals surface area (Å²) in [6.07, 6.45) is 0.135. The second-order valence-electron chi connectivity index (χ2n) is 2.42. The summed E-state index contributed by atoms with van der Waals surface area (Å²) >= 11 is 3.83. The predicted octanol–water partition coefficient (Wildman–Crippen LogP) is 2.68. The summed E-state index contributed by atoms with van der Waals surface area (Å²) in [5.41, 5.74) is -0.345. The molecule has 0 aliphatic carbocycles. The van der Waals surface area contributed by atoms with Gasteiger partial charge in [-0.2, -0.15) is 0 Å². The molecular weight excluding hydrogens is 194 g/mol. The highest BCUT2D eigenvalue weighted by Gasteiger charge is 2.10. The largest absolute Gasteiger partial charge is 0.298 e. The number of hydrogen-bond acceptors (Lipinski definition) is 2. The van der Waals surface area contributed by atoms with Crippen LogP contribution in [0.3, 0.4) is 0 Å². The summed E-state index contributed by atoms with van der Waals surface area (Å²) in [6, 6.07) is 2.03. The highest BCUT2D eigenvalue weighted by atomic mass is 32.1. The van der Waals surface area contributed by atoms with Crippen molar-refractivity contribution >= 4 is 23.8 Å². The highest BCUT2D eigenvalue weighted by molar-refractivity contribution is 7.90. The summed E-state index contributed by atoms with van der Waals surface area (Å²) in [6.45, 7) is 3.41. The van der Waals surface area contributed by atoms with Gasteiger partial charge in [-0.25, -0.2) is 8.78 Å². The van der Waals surface area contributed by atoms with Crippen molar-refractivity contribution in [3.8, 4) is 0 Å². The van der Waals surface area contributed by atoms with Gasteiger partial charge in [-0.15, -0.1) is 12.6 Å². The Bertz CT molecular complexity index is 351. The van der Waals surface area contributed by atoms with Crippen molar-refractivity contribution < 1.29 is 13.6 Å². The molecule has 1 aromatic rings. The van der Waals surface area contributed by atoms with E-state index in [1.165, 1.54) is 0 Å². The first kappa shape index (κ1) is 9.92. The lowest BCUT2D eigenvalue weighted by molar-refractivity contribution is 0.111. The van der Waals surface area contributed by atoms with Crippen LogP contribution in [0.1, 0.15) is 15.9 Å². The normalized spacial score (nSPS) is 9.77. The quantitative estimate of drug-likeness (QED) is 0.573. The molecule has 1 aromatic carbocycles. The van der Waals surface area contributed by atoms with E-state index in [1.54, 1.807) is 0 Å². The summed E-state index contributed by atoms with van der Waals surface area (Å²) in [5, 5.41) is 0. The molecule has 68 valence electrons. The van der Waals surface area contributed by atoms with Crippen LogP contribution in [-0.2, 0) is 0 Å². The summed E-state index contributed by atoms with van der Waals surface area (Å²) in [7, 11) is 0. The SMILES string of the molecule is C=C(S)c1cc(F)c(C=O)c(F)c1. The van der Waals surface area contributed by atoms with Crippen molar-refractivity contribution in [3.63, 3.8) is 0 Å². The van der Waals surface area contributed by atoms with Gasteiger partial charge in [-0.3, -0.25) is 4.79 Å².